The minimum Gasteiger partial charge on any atom is -0.481 e. The fourth-order valence-corrected chi connectivity index (χ4v) is 2.58. The highest BCUT2D eigenvalue weighted by atomic mass is 16.4. The van der Waals surface area contributed by atoms with Crippen LogP contribution in [0.25, 0.3) is 0 Å². The maximum atomic E-state index is 12.6. The van der Waals surface area contributed by atoms with E-state index in [9.17, 15) is 24.3 Å². The lowest BCUT2D eigenvalue weighted by molar-refractivity contribution is -0.140. The molecule has 3 rings (SSSR count). The normalized spacial score (nSPS) is 19.7. The largest absolute Gasteiger partial charge is 0.481 e. The lowest BCUT2D eigenvalue weighted by Crippen LogP contribution is -2.41. The average molecular weight is 445 g/mol. The number of carbonyl (C=O) groups excluding carboxylic acids is 2. The molecule has 2 heterocycles. The third-order valence-electron chi connectivity index (χ3n) is 4.12. The number of carboxylic acid groups (broad SMARTS) is 2. The van der Waals surface area contributed by atoms with Crippen molar-refractivity contribution in [1.82, 2.24) is 5.32 Å². The number of nitrogens with one attached hydrogen (secondary N) is 2. The summed E-state index contributed by atoms with van der Waals surface area (Å²) in [7, 11) is 0. The number of anilines is 1. The van der Waals surface area contributed by atoms with Crippen LogP contribution in [0.2, 0.25) is 0 Å². The zero-order chi connectivity index (χ0) is 26.7. The molecule has 0 saturated carbocycles. The second kappa shape index (κ2) is 9.59. The van der Waals surface area contributed by atoms with Crippen molar-refractivity contribution in [3.63, 3.8) is 0 Å². The van der Waals surface area contributed by atoms with Gasteiger partial charge in [-0.3, -0.25) is 19.4 Å². The summed E-state index contributed by atoms with van der Waals surface area (Å²) in [4.78, 5) is 62.1. The number of carboxylic acids is 2. The summed E-state index contributed by atoms with van der Waals surface area (Å²) in [5.41, 5.74) is 4.63. The lowest BCUT2D eigenvalue weighted by atomic mass is 10.1. The van der Waals surface area contributed by atoms with Crippen molar-refractivity contribution in [2.75, 3.05) is 11.9 Å². The van der Waals surface area contributed by atoms with Crippen LogP contribution in [0.1, 0.15) is 28.7 Å². The molecule has 2 aliphatic rings. The summed E-state index contributed by atoms with van der Waals surface area (Å²) < 4.78 is 32.6. The van der Waals surface area contributed by atoms with Crippen LogP contribution >= 0.6 is 0 Å². The van der Waals surface area contributed by atoms with Crippen LogP contribution in [0, 0.1) is 0 Å². The molecule has 0 aromatic heterocycles. The predicted octanol–water partition coefficient (Wildman–Crippen LogP) is -0.706. The Morgan fingerprint density at radius 3 is 2.56 bits per heavy atom. The predicted molar refractivity (Wildman–Crippen MR) is 114 cm³/mol. The number of hydrogen-bond donors (Lipinski definition) is 5. The number of fused-ring (bicyclic) bond motifs is 1. The molecular formula is C19H19N7O6. The second-order valence-corrected chi connectivity index (χ2v) is 6.46. The summed E-state index contributed by atoms with van der Waals surface area (Å²) in [5.74, 6) is -4.87. The number of amides is 2. The Hall–Kier alpha value is -4.42. The van der Waals surface area contributed by atoms with Gasteiger partial charge in [0.25, 0.3) is 11.8 Å². The molecule has 0 saturated heterocycles. The van der Waals surface area contributed by atoms with Crippen molar-refractivity contribution in [3.8, 4) is 0 Å². The fraction of sp³-hybridized carbons (Fsp3) is 0.263. The molecule has 2 aliphatic heterocycles. The Labute approximate surface area is 186 Å². The molecule has 13 heteroatoms. The van der Waals surface area contributed by atoms with Gasteiger partial charge in [-0.25, -0.2) is 9.79 Å². The molecule has 0 spiro atoms. The first-order valence-electron chi connectivity index (χ1n) is 11.1. The molecule has 166 valence electrons. The van der Waals surface area contributed by atoms with E-state index in [2.05, 4.69) is 25.3 Å². The maximum absolute atomic E-state index is 12.6. The van der Waals surface area contributed by atoms with E-state index in [0.717, 1.165) is 0 Å². The van der Waals surface area contributed by atoms with Crippen molar-refractivity contribution < 1.29 is 34.9 Å². The van der Waals surface area contributed by atoms with E-state index in [1.807, 2.05) is 5.32 Å². The fourth-order valence-electron chi connectivity index (χ4n) is 2.58. The maximum Gasteiger partial charge on any atom is 0.326 e. The summed E-state index contributed by atoms with van der Waals surface area (Å²) in [6.07, 6.45) is 0.271. The number of nitrogens with zero attached hydrogens (tertiary/aromatic N) is 4. The minimum atomic E-state index is -1.62. The van der Waals surface area contributed by atoms with Gasteiger partial charge in [-0.1, -0.05) is 0 Å². The molecule has 2 unspecified atom stereocenters. The molecule has 2 amide bonds. The Morgan fingerprint density at radius 2 is 1.91 bits per heavy atom. The van der Waals surface area contributed by atoms with Crippen LogP contribution in [0.3, 0.4) is 0 Å². The number of nitrogens with two attached hydrogens (primary N) is 1. The summed E-state index contributed by atoms with van der Waals surface area (Å²) in [6.45, 7) is -0.168. The number of carbonyl (C=O) groups is 4. The number of aliphatic carboxylic acids is 2. The van der Waals surface area contributed by atoms with E-state index in [0.29, 0.717) is 0 Å². The summed E-state index contributed by atoms with van der Waals surface area (Å²) in [6, 6.07) is -5.47. The van der Waals surface area contributed by atoms with E-state index in [1.165, 1.54) is 6.21 Å². The molecule has 6 N–H and O–H groups in total. The highest BCUT2D eigenvalue weighted by Gasteiger charge is 2.30. The number of aliphatic imine (C=N–C) groups is 4. The number of benzene rings is 1. The molecule has 32 heavy (non-hydrogen) atoms. The number of hydrogen-bond acceptors (Lipinski definition) is 9. The minimum absolute atomic E-state index is 0.0545. The summed E-state index contributed by atoms with van der Waals surface area (Å²) >= 11 is 0. The van der Waals surface area contributed by atoms with Gasteiger partial charge < -0.3 is 26.6 Å². The van der Waals surface area contributed by atoms with Crippen molar-refractivity contribution >= 4 is 53.2 Å². The Bertz CT molecular complexity index is 1260. The van der Waals surface area contributed by atoms with Gasteiger partial charge in [0.1, 0.15) is 6.04 Å². The summed E-state index contributed by atoms with van der Waals surface area (Å²) in [5, 5.41) is 22.7. The van der Waals surface area contributed by atoms with Crippen LogP contribution in [-0.4, -0.2) is 76.3 Å². The monoisotopic (exact) mass is 445 g/mol. The van der Waals surface area contributed by atoms with E-state index < -0.39 is 78.4 Å². The third kappa shape index (κ3) is 5.59. The van der Waals surface area contributed by atoms with E-state index in [4.69, 9.17) is 16.3 Å². The second-order valence-electron chi connectivity index (χ2n) is 6.46. The highest BCUT2D eigenvalue weighted by molar-refractivity contribution is 6.38. The van der Waals surface area contributed by atoms with Gasteiger partial charge in [-0.15, -0.1) is 0 Å². The van der Waals surface area contributed by atoms with Gasteiger partial charge >= 0.3 is 11.9 Å². The van der Waals surface area contributed by atoms with Gasteiger partial charge in [0.05, 0.1) is 24.0 Å². The molecule has 0 fully saturated rings. The zero-order valence-corrected chi connectivity index (χ0v) is 16.2. The highest BCUT2D eigenvalue weighted by Crippen LogP contribution is 2.12. The zero-order valence-electron chi connectivity index (χ0n) is 20.2. The first-order valence-corrected chi connectivity index (χ1v) is 9.07. The van der Waals surface area contributed by atoms with E-state index in [1.54, 1.807) is 0 Å². The van der Waals surface area contributed by atoms with E-state index >= 15 is 0 Å². The van der Waals surface area contributed by atoms with Crippen molar-refractivity contribution in [3.05, 3.63) is 29.7 Å². The first-order chi connectivity index (χ1) is 16.9. The lowest BCUT2D eigenvalue weighted by Gasteiger charge is -2.18. The van der Waals surface area contributed by atoms with Gasteiger partial charge in [-0.05, 0) is 30.6 Å². The molecule has 0 aliphatic carbocycles. The van der Waals surface area contributed by atoms with Crippen LogP contribution in [-0.2, 0) is 14.4 Å². The van der Waals surface area contributed by atoms with Crippen molar-refractivity contribution in [2.24, 2.45) is 25.7 Å². The Morgan fingerprint density at radius 1 is 1.19 bits per heavy atom. The Balaban J connectivity index is 1.80. The smallest absolute Gasteiger partial charge is 0.326 e. The van der Waals surface area contributed by atoms with Gasteiger partial charge in [-0.2, -0.15) is 9.98 Å². The van der Waals surface area contributed by atoms with Crippen LogP contribution in [0.4, 0.5) is 5.69 Å². The third-order valence-corrected chi connectivity index (χ3v) is 4.12. The number of rotatable bonds is 9. The molecule has 0 bridgehead atoms. The van der Waals surface area contributed by atoms with Crippen LogP contribution < -0.4 is 16.4 Å². The molecule has 2 atom stereocenters. The average Bonchev–Trinajstić information content (AvgIpc) is 2.80. The van der Waals surface area contributed by atoms with Gasteiger partial charge in [0, 0.05) is 17.7 Å². The SMILES string of the molecule is [2H]c1c([2H])c(C(=O)NC(CCC(=O)O)C(=O)O)c([2H])c([2H])c1NCC1=NC2C(=O)N=C(N)N=C2N=C1. The van der Waals surface area contributed by atoms with Crippen molar-refractivity contribution in [2.45, 2.75) is 24.9 Å². The van der Waals surface area contributed by atoms with Gasteiger partial charge in [0.2, 0.25) is 5.96 Å². The molecule has 13 nitrogen and oxygen atoms in total. The molecular weight excluding hydrogens is 422 g/mol. The number of amidine groups is 1. The van der Waals surface area contributed by atoms with Crippen molar-refractivity contribution in [1.29, 1.82) is 0 Å². The molecule has 1 aromatic carbocycles. The van der Waals surface area contributed by atoms with E-state index in [-0.39, 0.29) is 29.7 Å². The van der Waals surface area contributed by atoms with Crippen LogP contribution in [0.5, 0.6) is 0 Å². The molecule has 0 radical (unpaired) electrons. The standard InChI is InChI=1S/C19H19N7O6/c20-19-25-15-14(17(30)26-19)23-11(8-22-15)7-21-10-3-1-9(2-4-10)16(29)24-12(18(31)32)5-6-13(27)28/h1-4,8,12,14,21H,5-7H2,(H,24,29)(H,27,28)(H,31,32)(H2,20,26,30)/i1D,2D,3D,4D. The topological polar surface area (TPSA) is 208 Å². The Kier molecular flexibility index (Phi) is 5.18. The number of guanidine groups is 1. The quantitative estimate of drug-likeness (QED) is 0.327. The first kappa shape index (κ1) is 17.3. The van der Waals surface area contributed by atoms with Gasteiger partial charge in [0.15, 0.2) is 11.9 Å². The molecule has 1 aromatic rings. The van der Waals surface area contributed by atoms with Crippen LogP contribution in [0.15, 0.2) is 44.1 Å².